The number of nitrogens with zero attached hydrogens (tertiary/aromatic N) is 6. The van der Waals surface area contributed by atoms with Crippen molar-refractivity contribution in [2.24, 2.45) is 0 Å². The standard InChI is InChI=1S/C27H21FN8OS/c1-15(16-2-4-17(28)5-3-16)36-14-35-20-8-9-30-26(24(20)27(36)37)32-11-18-6-7-23(38-18)21-10-19-22(12-31-21)33-13-34-25(19)29/h2-10,12-15H,11H2,1H3,(H,30,32)(H2,29,33,34)/t15-/m0/s1. The van der Waals surface area contributed by atoms with Crippen molar-refractivity contribution < 1.29 is 4.39 Å². The monoisotopic (exact) mass is 524 g/mol. The van der Waals surface area contributed by atoms with Gasteiger partial charge in [0, 0.05) is 16.5 Å². The summed E-state index contributed by atoms with van der Waals surface area (Å²) in [5.74, 6) is 0.531. The molecule has 0 fully saturated rings. The summed E-state index contributed by atoms with van der Waals surface area (Å²) in [6, 6.07) is 13.3. The zero-order valence-electron chi connectivity index (χ0n) is 20.2. The van der Waals surface area contributed by atoms with Gasteiger partial charge in [-0.1, -0.05) is 12.1 Å². The van der Waals surface area contributed by atoms with Gasteiger partial charge in [0.15, 0.2) is 0 Å². The Morgan fingerprint density at radius 1 is 1.03 bits per heavy atom. The molecule has 3 N–H and O–H groups in total. The van der Waals surface area contributed by atoms with E-state index in [9.17, 15) is 9.18 Å². The molecule has 1 aromatic carbocycles. The van der Waals surface area contributed by atoms with Crippen molar-refractivity contribution in [1.29, 1.82) is 0 Å². The number of aromatic nitrogens is 6. The average molecular weight is 525 g/mol. The molecular weight excluding hydrogens is 503 g/mol. The Morgan fingerprint density at radius 2 is 1.87 bits per heavy atom. The van der Waals surface area contributed by atoms with Gasteiger partial charge in [-0.3, -0.25) is 14.3 Å². The number of benzene rings is 1. The van der Waals surface area contributed by atoms with E-state index < -0.39 is 0 Å². The Kier molecular flexibility index (Phi) is 5.97. The third-order valence-corrected chi connectivity index (χ3v) is 7.47. The second-order valence-corrected chi connectivity index (χ2v) is 9.87. The predicted octanol–water partition coefficient (Wildman–Crippen LogP) is 4.80. The number of nitrogens with one attached hydrogen (secondary N) is 1. The Bertz CT molecular complexity index is 1850. The summed E-state index contributed by atoms with van der Waals surface area (Å²) >= 11 is 1.57. The first kappa shape index (κ1) is 23.6. The zero-order chi connectivity index (χ0) is 26.2. The van der Waals surface area contributed by atoms with E-state index in [0.29, 0.717) is 34.6 Å². The van der Waals surface area contributed by atoms with Crippen molar-refractivity contribution >= 4 is 44.8 Å². The van der Waals surface area contributed by atoms with Gasteiger partial charge in [-0.05, 0) is 48.9 Å². The number of halogens is 1. The van der Waals surface area contributed by atoms with Gasteiger partial charge < -0.3 is 11.1 Å². The summed E-state index contributed by atoms with van der Waals surface area (Å²) in [6.07, 6.45) is 6.24. The van der Waals surface area contributed by atoms with Gasteiger partial charge in [-0.2, -0.15) is 0 Å². The highest BCUT2D eigenvalue weighted by Crippen LogP contribution is 2.30. The molecule has 0 unspecified atom stereocenters. The van der Waals surface area contributed by atoms with Crippen LogP contribution in [0, 0.1) is 5.82 Å². The van der Waals surface area contributed by atoms with E-state index >= 15 is 0 Å². The van der Waals surface area contributed by atoms with Crippen LogP contribution in [0.15, 0.2) is 78.4 Å². The van der Waals surface area contributed by atoms with Crippen molar-refractivity contribution in [2.75, 3.05) is 11.1 Å². The van der Waals surface area contributed by atoms with Crippen LogP contribution in [-0.2, 0) is 6.54 Å². The molecule has 9 nitrogen and oxygen atoms in total. The second kappa shape index (κ2) is 9.60. The van der Waals surface area contributed by atoms with Gasteiger partial charge >= 0.3 is 0 Å². The summed E-state index contributed by atoms with van der Waals surface area (Å²) < 4.78 is 14.9. The Morgan fingerprint density at radius 3 is 2.71 bits per heavy atom. The normalized spacial score (nSPS) is 12.2. The average Bonchev–Trinajstić information content (AvgIpc) is 3.41. The van der Waals surface area contributed by atoms with Crippen molar-refractivity contribution in [3.63, 3.8) is 0 Å². The summed E-state index contributed by atoms with van der Waals surface area (Å²) in [6.45, 7) is 2.33. The largest absolute Gasteiger partial charge is 0.383 e. The number of hydrogen-bond donors (Lipinski definition) is 2. The molecule has 6 rings (SSSR count). The van der Waals surface area contributed by atoms with Crippen LogP contribution in [0.2, 0.25) is 0 Å². The fourth-order valence-electron chi connectivity index (χ4n) is 4.28. The van der Waals surface area contributed by atoms with Crippen molar-refractivity contribution in [1.82, 2.24) is 29.5 Å². The van der Waals surface area contributed by atoms with Gasteiger partial charge in [-0.25, -0.2) is 24.3 Å². The molecule has 0 aliphatic heterocycles. The number of nitrogen functional groups attached to an aromatic ring is 1. The van der Waals surface area contributed by atoms with Gasteiger partial charge in [-0.15, -0.1) is 11.3 Å². The molecule has 38 heavy (non-hydrogen) atoms. The van der Waals surface area contributed by atoms with Crippen LogP contribution in [0.1, 0.15) is 23.4 Å². The quantitative estimate of drug-likeness (QED) is 0.318. The van der Waals surface area contributed by atoms with Crippen LogP contribution in [0.5, 0.6) is 0 Å². The van der Waals surface area contributed by atoms with Crippen molar-refractivity contribution in [3.05, 3.63) is 100 Å². The number of rotatable bonds is 6. The maximum Gasteiger partial charge on any atom is 0.265 e. The van der Waals surface area contributed by atoms with E-state index in [1.807, 2.05) is 25.1 Å². The Hall–Kier alpha value is -4.77. The molecule has 6 aromatic rings. The van der Waals surface area contributed by atoms with Crippen LogP contribution in [0.3, 0.4) is 0 Å². The molecule has 1 atom stereocenters. The van der Waals surface area contributed by atoms with Crippen LogP contribution < -0.4 is 16.6 Å². The fourth-order valence-corrected chi connectivity index (χ4v) is 5.20. The van der Waals surface area contributed by atoms with E-state index in [-0.39, 0.29) is 17.4 Å². The lowest BCUT2D eigenvalue weighted by atomic mass is 10.1. The van der Waals surface area contributed by atoms with E-state index in [1.165, 1.54) is 29.4 Å². The van der Waals surface area contributed by atoms with Gasteiger partial charge in [0.1, 0.15) is 29.2 Å². The number of anilines is 2. The lowest BCUT2D eigenvalue weighted by Gasteiger charge is -2.16. The van der Waals surface area contributed by atoms with E-state index in [0.717, 1.165) is 26.4 Å². The Labute approximate surface area is 219 Å². The van der Waals surface area contributed by atoms with Gasteiger partial charge in [0.2, 0.25) is 0 Å². The minimum Gasteiger partial charge on any atom is -0.383 e. The summed E-state index contributed by atoms with van der Waals surface area (Å²) in [7, 11) is 0. The minimum absolute atomic E-state index is 0.227. The smallest absolute Gasteiger partial charge is 0.265 e. The predicted molar refractivity (Wildman–Crippen MR) is 146 cm³/mol. The summed E-state index contributed by atoms with van der Waals surface area (Å²) in [4.78, 5) is 37.2. The van der Waals surface area contributed by atoms with Crippen LogP contribution >= 0.6 is 11.3 Å². The van der Waals surface area contributed by atoms with Gasteiger partial charge in [0.25, 0.3) is 5.56 Å². The zero-order valence-corrected chi connectivity index (χ0v) is 21.0. The first-order valence-electron chi connectivity index (χ1n) is 11.8. The molecule has 0 aliphatic carbocycles. The number of fused-ring (bicyclic) bond motifs is 2. The molecular formula is C27H21FN8OS. The molecule has 5 heterocycles. The summed E-state index contributed by atoms with van der Waals surface area (Å²) in [5.41, 5.74) is 8.59. The Balaban J connectivity index is 1.28. The summed E-state index contributed by atoms with van der Waals surface area (Å²) in [5, 5.41) is 4.45. The van der Waals surface area contributed by atoms with Crippen LogP contribution in [0.25, 0.3) is 32.4 Å². The topological polar surface area (TPSA) is 124 Å². The third kappa shape index (κ3) is 4.33. The fraction of sp³-hybridized carbons (Fsp3) is 0.111. The number of nitrogens with two attached hydrogens (primary N) is 1. The first-order valence-corrected chi connectivity index (χ1v) is 12.6. The lowest BCUT2D eigenvalue weighted by molar-refractivity contribution is 0.600. The van der Waals surface area contributed by atoms with E-state index in [2.05, 4.69) is 30.2 Å². The van der Waals surface area contributed by atoms with Crippen molar-refractivity contribution in [2.45, 2.75) is 19.5 Å². The van der Waals surface area contributed by atoms with E-state index in [1.54, 1.807) is 41.9 Å². The molecule has 0 aliphatic rings. The maximum atomic E-state index is 13.5. The highest BCUT2D eigenvalue weighted by molar-refractivity contribution is 7.15. The third-order valence-electron chi connectivity index (χ3n) is 6.36. The van der Waals surface area contributed by atoms with Crippen molar-refractivity contribution in [3.8, 4) is 10.6 Å². The minimum atomic E-state index is -0.332. The second-order valence-electron chi connectivity index (χ2n) is 8.70. The molecule has 0 spiro atoms. The number of pyridine rings is 2. The van der Waals surface area contributed by atoms with Gasteiger partial charge in [0.05, 0.1) is 46.7 Å². The highest BCUT2D eigenvalue weighted by atomic mass is 32.1. The van der Waals surface area contributed by atoms with Crippen LogP contribution in [0.4, 0.5) is 16.0 Å². The number of thiophene rings is 1. The molecule has 0 saturated heterocycles. The molecule has 0 radical (unpaired) electrons. The number of hydrogen-bond acceptors (Lipinski definition) is 9. The maximum absolute atomic E-state index is 13.5. The lowest BCUT2D eigenvalue weighted by Crippen LogP contribution is -2.25. The molecule has 0 bridgehead atoms. The molecule has 0 amide bonds. The van der Waals surface area contributed by atoms with E-state index in [4.69, 9.17) is 5.73 Å². The molecule has 11 heteroatoms. The first-order chi connectivity index (χ1) is 18.5. The van der Waals surface area contributed by atoms with Crippen LogP contribution in [-0.4, -0.2) is 29.5 Å². The highest BCUT2D eigenvalue weighted by Gasteiger charge is 2.16. The molecule has 0 saturated carbocycles. The molecule has 188 valence electrons. The SMILES string of the molecule is C[C@@H](c1ccc(F)cc1)n1cnc2ccnc(NCc3ccc(-c4cc5c(N)ncnc5cn4)s3)c2c1=O. The molecule has 5 aromatic heterocycles.